The lowest BCUT2D eigenvalue weighted by Crippen LogP contribution is -2.31. The largest absolute Gasteiger partial charge is 0.380 e. The number of ether oxygens (including phenoxy) is 4. The summed E-state index contributed by atoms with van der Waals surface area (Å²) in [6.07, 6.45) is -1.77. The van der Waals surface area contributed by atoms with Crippen molar-refractivity contribution in [2.24, 2.45) is 0 Å². The van der Waals surface area contributed by atoms with Crippen LogP contribution in [0.1, 0.15) is 34.6 Å². The van der Waals surface area contributed by atoms with Crippen LogP contribution in [0.4, 0.5) is 0 Å². The monoisotopic (exact) mass is 474 g/mol. The maximum Gasteiger partial charge on any atom is 0.188 e. The maximum atomic E-state index is 12.1. The molecule has 1 heterocycles. The first-order valence-corrected chi connectivity index (χ1v) is 11.6. The molecule has 0 spiro atoms. The third-order valence-corrected chi connectivity index (χ3v) is 5.81. The van der Waals surface area contributed by atoms with Crippen molar-refractivity contribution < 1.29 is 28.8 Å². The van der Waals surface area contributed by atoms with Crippen LogP contribution in [0, 0.1) is 0 Å². The van der Waals surface area contributed by atoms with Crippen LogP contribution >= 0.6 is 0 Å². The van der Waals surface area contributed by atoms with E-state index >= 15 is 0 Å². The zero-order valence-corrected chi connectivity index (χ0v) is 19.5. The summed E-state index contributed by atoms with van der Waals surface area (Å²) in [4.78, 5) is 12.1. The summed E-state index contributed by atoms with van der Waals surface area (Å²) in [5.74, 6) is -0.485. The van der Waals surface area contributed by atoms with Gasteiger partial charge in [0.2, 0.25) is 0 Å². The van der Waals surface area contributed by atoms with Crippen molar-refractivity contribution in [1.29, 1.82) is 0 Å². The summed E-state index contributed by atoms with van der Waals surface area (Å²) >= 11 is 0. The predicted octanol–water partition coefficient (Wildman–Crippen LogP) is 4.69. The molecule has 4 rings (SSSR count). The molecule has 1 aliphatic heterocycles. The van der Waals surface area contributed by atoms with E-state index in [2.05, 4.69) is 6.58 Å². The molecule has 1 saturated heterocycles. The zero-order valence-electron chi connectivity index (χ0n) is 19.5. The van der Waals surface area contributed by atoms with Crippen molar-refractivity contribution in [2.45, 2.75) is 37.8 Å². The standard InChI is InChI=1S/C29H30O6/c1-2-25(30)28(31)23-15-9-10-16-24(23)29-34-26(19-32-17-21-11-5-3-6-12-21)27(35-29)20-33-18-22-13-7-4-8-14-22/h2-16,26-29,31H,1,17-20H2. The molecule has 35 heavy (non-hydrogen) atoms. The number of hydrogen-bond acceptors (Lipinski definition) is 6. The number of carbonyl (C=O) groups excluding carboxylic acids is 1. The molecule has 0 aliphatic carbocycles. The van der Waals surface area contributed by atoms with E-state index in [1.807, 2.05) is 66.7 Å². The molecule has 6 nitrogen and oxygen atoms in total. The second-order valence-corrected chi connectivity index (χ2v) is 8.32. The van der Waals surface area contributed by atoms with E-state index in [1.165, 1.54) is 0 Å². The summed E-state index contributed by atoms with van der Waals surface area (Å²) in [5, 5.41) is 10.5. The minimum absolute atomic E-state index is 0.307. The number of aliphatic hydroxyl groups is 1. The van der Waals surface area contributed by atoms with Gasteiger partial charge in [-0.15, -0.1) is 0 Å². The Morgan fingerprint density at radius 2 is 1.31 bits per heavy atom. The van der Waals surface area contributed by atoms with Gasteiger partial charge in [0.05, 0.1) is 26.4 Å². The van der Waals surface area contributed by atoms with Crippen LogP contribution in [0.2, 0.25) is 0 Å². The van der Waals surface area contributed by atoms with Crippen LogP contribution in [0.5, 0.6) is 0 Å². The first-order valence-electron chi connectivity index (χ1n) is 11.6. The number of rotatable bonds is 12. The molecule has 6 heteroatoms. The Bertz CT molecular complexity index is 1030. The van der Waals surface area contributed by atoms with Crippen LogP contribution in [-0.2, 0) is 37.0 Å². The highest BCUT2D eigenvalue weighted by molar-refractivity contribution is 5.93. The maximum absolute atomic E-state index is 12.1. The molecule has 0 aromatic heterocycles. The number of benzene rings is 3. The van der Waals surface area contributed by atoms with E-state index in [0.717, 1.165) is 17.2 Å². The molecule has 1 fully saturated rings. The summed E-state index contributed by atoms with van der Waals surface area (Å²) in [6, 6.07) is 26.9. The average Bonchev–Trinajstić information content (AvgIpc) is 3.31. The highest BCUT2D eigenvalue weighted by Gasteiger charge is 2.39. The molecular weight excluding hydrogens is 444 g/mol. The van der Waals surface area contributed by atoms with Crippen molar-refractivity contribution >= 4 is 5.78 Å². The fourth-order valence-corrected chi connectivity index (χ4v) is 3.94. The normalized spacial score (nSPS) is 20.4. The Kier molecular flexibility index (Phi) is 8.95. The Morgan fingerprint density at radius 3 is 1.83 bits per heavy atom. The van der Waals surface area contributed by atoms with Crippen molar-refractivity contribution in [3.8, 4) is 0 Å². The van der Waals surface area contributed by atoms with Crippen molar-refractivity contribution in [1.82, 2.24) is 0 Å². The molecule has 3 aromatic carbocycles. The van der Waals surface area contributed by atoms with Crippen LogP contribution < -0.4 is 0 Å². The van der Waals surface area contributed by atoms with Gasteiger partial charge in [-0.3, -0.25) is 4.79 Å². The highest BCUT2D eigenvalue weighted by atomic mass is 16.7. The van der Waals surface area contributed by atoms with Gasteiger partial charge in [0.1, 0.15) is 18.3 Å². The predicted molar refractivity (Wildman–Crippen MR) is 131 cm³/mol. The number of aliphatic hydroxyl groups excluding tert-OH is 1. The molecule has 0 bridgehead atoms. The second kappa shape index (κ2) is 12.5. The quantitative estimate of drug-likeness (QED) is 0.384. The van der Waals surface area contributed by atoms with Gasteiger partial charge >= 0.3 is 0 Å². The van der Waals surface area contributed by atoms with Gasteiger partial charge in [-0.1, -0.05) is 91.5 Å². The Labute approximate surface area is 205 Å². The van der Waals surface area contributed by atoms with Gasteiger partial charge in [-0.2, -0.15) is 0 Å². The molecule has 3 atom stereocenters. The van der Waals surface area contributed by atoms with Gasteiger partial charge in [0, 0.05) is 5.56 Å². The van der Waals surface area contributed by atoms with Crippen LogP contribution in [-0.4, -0.2) is 36.3 Å². The first-order chi connectivity index (χ1) is 17.2. The van der Waals surface area contributed by atoms with Gasteiger partial charge in [0.15, 0.2) is 12.1 Å². The minimum Gasteiger partial charge on any atom is -0.380 e. The topological polar surface area (TPSA) is 74.2 Å². The smallest absolute Gasteiger partial charge is 0.188 e. The van der Waals surface area contributed by atoms with E-state index in [4.69, 9.17) is 18.9 Å². The molecule has 0 radical (unpaired) electrons. The molecule has 3 aromatic rings. The molecular formula is C29H30O6. The summed E-state index contributed by atoms with van der Waals surface area (Å²) in [6.45, 7) is 4.99. The Balaban J connectivity index is 1.45. The van der Waals surface area contributed by atoms with E-state index in [1.54, 1.807) is 18.2 Å². The second-order valence-electron chi connectivity index (χ2n) is 8.32. The minimum atomic E-state index is -1.34. The van der Waals surface area contributed by atoms with Crippen LogP contribution in [0.15, 0.2) is 97.6 Å². The average molecular weight is 475 g/mol. The lowest BCUT2D eigenvalue weighted by molar-refractivity contribution is -0.122. The van der Waals surface area contributed by atoms with E-state index in [-0.39, 0.29) is 12.2 Å². The highest BCUT2D eigenvalue weighted by Crippen LogP contribution is 2.36. The first kappa shape index (κ1) is 25.0. The summed E-state index contributed by atoms with van der Waals surface area (Å²) < 4.78 is 24.3. The lowest BCUT2D eigenvalue weighted by atomic mass is 9.99. The van der Waals surface area contributed by atoms with Crippen molar-refractivity contribution in [3.63, 3.8) is 0 Å². The van der Waals surface area contributed by atoms with Gasteiger partial charge in [0.25, 0.3) is 0 Å². The Hall–Kier alpha value is -3.13. The Morgan fingerprint density at radius 1 is 0.829 bits per heavy atom. The fourth-order valence-electron chi connectivity index (χ4n) is 3.94. The SMILES string of the molecule is C=CC(=O)C(O)c1ccccc1C1OC(COCc2ccccc2)C(COCc2ccccc2)O1. The zero-order chi connectivity index (χ0) is 24.5. The number of ketones is 1. The van der Waals surface area contributed by atoms with Crippen molar-refractivity contribution in [3.05, 3.63) is 120 Å². The van der Waals surface area contributed by atoms with Crippen molar-refractivity contribution in [2.75, 3.05) is 13.2 Å². The van der Waals surface area contributed by atoms with Gasteiger partial charge in [-0.05, 0) is 22.8 Å². The van der Waals surface area contributed by atoms with Gasteiger partial charge < -0.3 is 24.1 Å². The fraction of sp³-hybridized carbons (Fsp3) is 0.276. The van der Waals surface area contributed by atoms with Crippen LogP contribution in [0.25, 0.3) is 0 Å². The molecule has 0 amide bonds. The third-order valence-electron chi connectivity index (χ3n) is 5.81. The van der Waals surface area contributed by atoms with E-state index in [9.17, 15) is 9.90 Å². The summed E-state index contributed by atoms with van der Waals surface area (Å²) in [7, 11) is 0. The third kappa shape index (κ3) is 6.72. The van der Waals surface area contributed by atoms with Gasteiger partial charge in [-0.25, -0.2) is 0 Å². The number of hydrogen-bond donors (Lipinski definition) is 1. The molecule has 1 N–H and O–H groups in total. The van der Waals surface area contributed by atoms with Crippen LogP contribution in [0.3, 0.4) is 0 Å². The lowest BCUT2D eigenvalue weighted by Gasteiger charge is -2.18. The summed E-state index contributed by atoms with van der Waals surface area (Å²) in [5.41, 5.74) is 3.15. The molecule has 0 saturated carbocycles. The number of carbonyl (C=O) groups is 1. The van der Waals surface area contributed by atoms with E-state index < -0.39 is 18.2 Å². The van der Waals surface area contributed by atoms with E-state index in [0.29, 0.717) is 37.6 Å². The molecule has 3 unspecified atom stereocenters. The molecule has 182 valence electrons. The molecule has 1 aliphatic rings.